The van der Waals surface area contributed by atoms with Crippen molar-refractivity contribution in [3.63, 3.8) is 0 Å². The first kappa shape index (κ1) is 11.6. The van der Waals surface area contributed by atoms with E-state index in [1.54, 1.807) is 0 Å². The van der Waals surface area contributed by atoms with Crippen molar-refractivity contribution in [1.82, 2.24) is 10.2 Å². The maximum Gasteiger partial charge on any atom is 0.330 e. The highest BCUT2D eigenvalue weighted by Crippen LogP contribution is 2.02. The third-order valence-electron chi connectivity index (χ3n) is 1.70. The molecule has 0 aromatic carbocycles. The van der Waals surface area contributed by atoms with E-state index < -0.39 is 40.0 Å². The van der Waals surface area contributed by atoms with Gasteiger partial charge in [-0.2, -0.15) is 0 Å². The Balaban J connectivity index is 2.65. The van der Waals surface area contributed by atoms with Gasteiger partial charge in [-0.1, -0.05) is 0 Å². The van der Waals surface area contributed by atoms with Gasteiger partial charge >= 0.3 is 6.03 Å². The van der Waals surface area contributed by atoms with Crippen LogP contribution in [-0.4, -0.2) is 43.5 Å². The number of amides is 4. The molecule has 84 valence electrons. The molecule has 3 N–H and O–H groups in total. The zero-order valence-corrected chi connectivity index (χ0v) is 8.41. The molecule has 0 aromatic rings. The van der Waals surface area contributed by atoms with Gasteiger partial charge < -0.3 is 0 Å². The second-order valence-corrected chi connectivity index (χ2v) is 4.68. The summed E-state index contributed by atoms with van der Waals surface area (Å²) in [6.45, 7) is -0.350. The lowest BCUT2D eigenvalue weighted by Gasteiger charge is -2.23. The molecule has 0 unspecified atom stereocenters. The molecule has 0 radical (unpaired) electrons. The van der Waals surface area contributed by atoms with Gasteiger partial charge in [-0.3, -0.25) is 19.8 Å². The normalized spacial score (nSPS) is 17.9. The number of nitrogens with zero attached hydrogens (tertiary/aromatic N) is 1. The summed E-state index contributed by atoms with van der Waals surface area (Å²) in [5.74, 6) is -1.95. The van der Waals surface area contributed by atoms with E-state index in [0.717, 1.165) is 0 Å². The van der Waals surface area contributed by atoms with E-state index in [1.807, 2.05) is 5.32 Å². The quantitative estimate of drug-likeness (QED) is 0.534. The Bertz CT molecular complexity index is 394. The summed E-state index contributed by atoms with van der Waals surface area (Å²) in [5, 5.41) is 6.59. The Morgan fingerprint density at radius 2 is 1.93 bits per heavy atom. The van der Waals surface area contributed by atoms with Crippen LogP contribution < -0.4 is 10.5 Å². The third kappa shape index (κ3) is 3.29. The first-order valence-electron chi connectivity index (χ1n) is 3.94. The van der Waals surface area contributed by atoms with Gasteiger partial charge in [-0.05, 0) is 0 Å². The average Bonchev–Trinajstić information content (AvgIpc) is 1.99. The van der Waals surface area contributed by atoms with Crippen LogP contribution in [-0.2, 0) is 19.6 Å². The highest BCUT2D eigenvalue weighted by molar-refractivity contribution is 7.89. The van der Waals surface area contributed by atoms with Crippen molar-refractivity contribution in [3.8, 4) is 0 Å². The summed E-state index contributed by atoms with van der Waals surface area (Å²) in [4.78, 5) is 33.6. The van der Waals surface area contributed by atoms with Crippen LogP contribution in [0, 0.1) is 0 Å². The minimum Gasteiger partial charge on any atom is -0.277 e. The number of hydrogen-bond acceptors (Lipinski definition) is 5. The van der Waals surface area contributed by atoms with Gasteiger partial charge in [-0.15, -0.1) is 0 Å². The molecule has 1 aliphatic rings. The second kappa shape index (κ2) is 3.95. The molecule has 0 aliphatic carbocycles. The lowest BCUT2D eigenvalue weighted by molar-refractivity contribution is -0.136. The predicted molar refractivity (Wildman–Crippen MR) is 47.8 cm³/mol. The Hall–Kier alpha value is -1.48. The molecule has 0 atom stereocenters. The zero-order valence-electron chi connectivity index (χ0n) is 7.60. The van der Waals surface area contributed by atoms with Crippen LogP contribution in [0.2, 0.25) is 0 Å². The van der Waals surface area contributed by atoms with Gasteiger partial charge in [0.1, 0.15) is 6.42 Å². The molecule has 1 fully saturated rings. The van der Waals surface area contributed by atoms with Crippen LogP contribution in [0.15, 0.2) is 0 Å². The van der Waals surface area contributed by atoms with Crippen LogP contribution in [0.25, 0.3) is 0 Å². The number of nitrogens with two attached hydrogens (primary N) is 1. The molecule has 0 bridgehead atoms. The number of urea groups is 1. The molecule has 1 heterocycles. The number of carbonyl (C=O) groups is 3. The molecular weight excluding hydrogens is 226 g/mol. The Morgan fingerprint density at radius 1 is 1.33 bits per heavy atom. The molecule has 0 spiro atoms. The van der Waals surface area contributed by atoms with Crippen molar-refractivity contribution in [2.75, 3.05) is 12.3 Å². The SMILES string of the molecule is NS(=O)(=O)CCN1C(=O)CC(=O)NC1=O. The lowest BCUT2D eigenvalue weighted by atomic mass is 10.3. The number of primary sulfonamides is 1. The van der Waals surface area contributed by atoms with Crippen LogP contribution in [0.3, 0.4) is 0 Å². The summed E-state index contributed by atoms with van der Waals surface area (Å²) in [5.41, 5.74) is 0. The van der Waals surface area contributed by atoms with E-state index in [9.17, 15) is 22.8 Å². The zero-order chi connectivity index (χ0) is 11.6. The number of barbiturate groups is 1. The maximum atomic E-state index is 11.1. The van der Waals surface area contributed by atoms with Gasteiger partial charge in [0.15, 0.2) is 0 Å². The molecule has 0 aromatic heterocycles. The maximum absolute atomic E-state index is 11.1. The van der Waals surface area contributed by atoms with Crippen molar-refractivity contribution in [2.45, 2.75) is 6.42 Å². The predicted octanol–water partition coefficient (Wildman–Crippen LogP) is -2.26. The van der Waals surface area contributed by atoms with E-state index >= 15 is 0 Å². The fourth-order valence-electron chi connectivity index (χ4n) is 1.02. The van der Waals surface area contributed by atoms with Crippen molar-refractivity contribution in [2.24, 2.45) is 5.14 Å². The van der Waals surface area contributed by atoms with Gasteiger partial charge in [0.2, 0.25) is 21.8 Å². The molecule has 4 amide bonds. The first-order valence-corrected chi connectivity index (χ1v) is 5.66. The number of nitrogens with one attached hydrogen (secondary N) is 1. The molecule has 8 nitrogen and oxygen atoms in total. The minimum absolute atomic E-state index is 0.350. The standard InChI is InChI=1S/C6H9N3O5S/c7-15(13,14)2-1-9-5(11)3-4(10)8-6(9)12/h1-3H2,(H2,7,13,14)(H,8,10,12). The van der Waals surface area contributed by atoms with E-state index in [0.29, 0.717) is 4.90 Å². The van der Waals surface area contributed by atoms with Gasteiger partial charge in [0.25, 0.3) is 0 Å². The molecular formula is C6H9N3O5S. The van der Waals surface area contributed by atoms with Gasteiger partial charge in [0, 0.05) is 6.54 Å². The van der Waals surface area contributed by atoms with Crippen LogP contribution >= 0.6 is 0 Å². The molecule has 9 heteroatoms. The van der Waals surface area contributed by atoms with Crippen molar-refractivity contribution < 1.29 is 22.8 Å². The van der Waals surface area contributed by atoms with E-state index in [-0.39, 0.29) is 6.54 Å². The van der Waals surface area contributed by atoms with E-state index in [4.69, 9.17) is 5.14 Å². The van der Waals surface area contributed by atoms with Crippen molar-refractivity contribution in [1.29, 1.82) is 0 Å². The van der Waals surface area contributed by atoms with Crippen molar-refractivity contribution >= 4 is 27.9 Å². The fourth-order valence-corrected chi connectivity index (χ4v) is 1.46. The average molecular weight is 235 g/mol. The fraction of sp³-hybridized carbons (Fsp3) is 0.500. The highest BCUT2D eigenvalue weighted by atomic mass is 32.2. The molecule has 1 saturated heterocycles. The minimum atomic E-state index is -3.74. The van der Waals surface area contributed by atoms with E-state index in [1.165, 1.54) is 0 Å². The molecule has 1 rings (SSSR count). The Kier molecular flexibility index (Phi) is 3.05. The first-order chi connectivity index (χ1) is 6.79. The highest BCUT2D eigenvalue weighted by Gasteiger charge is 2.30. The summed E-state index contributed by atoms with van der Waals surface area (Å²) < 4.78 is 21.2. The van der Waals surface area contributed by atoms with Crippen LogP contribution in [0.4, 0.5) is 4.79 Å². The Labute approximate surface area is 85.5 Å². The van der Waals surface area contributed by atoms with Crippen LogP contribution in [0.5, 0.6) is 0 Å². The molecule has 0 saturated carbocycles. The molecule has 1 aliphatic heterocycles. The summed E-state index contributed by atoms with van der Waals surface area (Å²) in [7, 11) is -3.74. The topological polar surface area (TPSA) is 127 Å². The van der Waals surface area contributed by atoms with Gasteiger partial charge in [-0.25, -0.2) is 18.4 Å². The smallest absolute Gasteiger partial charge is 0.277 e. The summed E-state index contributed by atoms with van der Waals surface area (Å²) in [6.07, 6.45) is -0.462. The second-order valence-electron chi connectivity index (χ2n) is 2.94. The van der Waals surface area contributed by atoms with Crippen molar-refractivity contribution in [3.05, 3.63) is 0 Å². The third-order valence-corrected chi connectivity index (χ3v) is 2.46. The van der Waals surface area contributed by atoms with Crippen LogP contribution in [0.1, 0.15) is 6.42 Å². The lowest BCUT2D eigenvalue weighted by Crippen LogP contribution is -2.53. The number of imide groups is 2. The monoisotopic (exact) mass is 235 g/mol. The summed E-state index contributed by atoms with van der Waals surface area (Å²) in [6, 6.07) is -0.917. The summed E-state index contributed by atoms with van der Waals surface area (Å²) >= 11 is 0. The number of carbonyl (C=O) groups excluding carboxylic acids is 3. The van der Waals surface area contributed by atoms with E-state index in [2.05, 4.69) is 0 Å². The largest absolute Gasteiger partial charge is 0.330 e. The van der Waals surface area contributed by atoms with Gasteiger partial charge in [0.05, 0.1) is 5.75 Å². The number of rotatable bonds is 3. The molecule has 15 heavy (non-hydrogen) atoms. The Morgan fingerprint density at radius 3 is 2.40 bits per heavy atom. The number of sulfonamides is 1. The number of hydrogen-bond donors (Lipinski definition) is 2.